The van der Waals surface area contributed by atoms with E-state index in [0.29, 0.717) is 0 Å². The predicted octanol–water partition coefficient (Wildman–Crippen LogP) is 1.14. The summed E-state index contributed by atoms with van der Waals surface area (Å²) in [5.41, 5.74) is 5.97. The van der Waals surface area contributed by atoms with Gasteiger partial charge in [-0.05, 0) is 32.1 Å². The Bertz CT molecular complexity index is 264. The molecule has 0 aromatic rings. The predicted molar refractivity (Wildman–Crippen MR) is 66.5 cm³/mol. The molecular weight excluding hydrogens is 216 g/mol. The first kappa shape index (κ1) is 12.8. The van der Waals surface area contributed by atoms with Crippen LogP contribution in [0.4, 0.5) is 0 Å². The zero-order valence-electron chi connectivity index (χ0n) is 10.7. The highest BCUT2D eigenvalue weighted by Crippen LogP contribution is 2.26. The highest BCUT2D eigenvalue weighted by molar-refractivity contribution is 5.79. The van der Waals surface area contributed by atoms with Gasteiger partial charge in [-0.25, -0.2) is 0 Å². The van der Waals surface area contributed by atoms with Crippen LogP contribution in [0.5, 0.6) is 0 Å². The summed E-state index contributed by atoms with van der Waals surface area (Å²) in [7, 11) is 1.88. The second kappa shape index (κ2) is 5.83. The molecule has 98 valence electrons. The Balaban J connectivity index is 1.81. The minimum absolute atomic E-state index is 0.0450. The molecule has 4 heteroatoms. The molecule has 1 aliphatic heterocycles. The lowest BCUT2D eigenvalue weighted by molar-refractivity contribution is -0.136. The first-order valence-corrected chi connectivity index (χ1v) is 6.80. The van der Waals surface area contributed by atoms with Gasteiger partial charge in [-0.3, -0.25) is 4.79 Å². The standard InChI is InChI=1S/C13H24N2O2/c1-15(9-10-5-2-3-8-17-10)13(16)11-6-4-7-12(11)14/h10-12H,2-9,14H2,1H3. The van der Waals surface area contributed by atoms with Gasteiger partial charge in [0.1, 0.15) is 0 Å². The van der Waals surface area contributed by atoms with E-state index in [-0.39, 0.29) is 24.0 Å². The van der Waals surface area contributed by atoms with E-state index in [1.54, 1.807) is 0 Å². The van der Waals surface area contributed by atoms with E-state index in [1.807, 2.05) is 11.9 Å². The van der Waals surface area contributed by atoms with Crippen molar-refractivity contribution in [2.24, 2.45) is 11.7 Å². The molecule has 1 amide bonds. The summed E-state index contributed by atoms with van der Waals surface area (Å²) in [4.78, 5) is 14.0. The van der Waals surface area contributed by atoms with Crippen LogP contribution in [-0.2, 0) is 9.53 Å². The third-order valence-electron chi connectivity index (χ3n) is 4.01. The Morgan fingerprint density at radius 2 is 2.12 bits per heavy atom. The van der Waals surface area contributed by atoms with Crippen LogP contribution in [0, 0.1) is 5.92 Å². The van der Waals surface area contributed by atoms with Crippen molar-refractivity contribution in [1.82, 2.24) is 4.90 Å². The van der Waals surface area contributed by atoms with Gasteiger partial charge in [0.05, 0.1) is 12.0 Å². The molecule has 0 radical (unpaired) electrons. The molecule has 3 atom stereocenters. The van der Waals surface area contributed by atoms with Crippen molar-refractivity contribution < 1.29 is 9.53 Å². The van der Waals surface area contributed by atoms with Gasteiger partial charge in [0.15, 0.2) is 0 Å². The topological polar surface area (TPSA) is 55.6 Å². The second-order valence-corrected chi connectivity index (χ2v) is 5.41. The highest BCUT2D eigenvalue weighted by Gasteiger charge is 2.32. The van der Waals surface area contributed by atoms with Crippen molar-refractivity contribution >= 4 is 5.91 Å². The molecular formula is C13H24N2O2. The molecule has 0 spiro atoms. The highest BCUT2D eigenvalue weighted by atomic mass is 16.5. The van der Waals surface area contributed by atoms with E-state index in [1.165, 1.54) is 6.42 Å². The Hall–Kier alpha value is -0.610. The summed E-state index contributed by atoms with van der Waals surface area (Å²) in [6, 6.07) is 0.0669. The molecule has 2 N–H and O–H groups in total. The molecule has 1 saturated carbocycles. The number of carbonyl (C=O) groups excluding carboxylic acids is 1. The number of nitrogens with zero attached hydrogens (tertiary/aromatic N) is 1. The molecule has 3 unspecified atom stereocenters. The minimum atomic E-state index is 0.0450. The van der Waals surface area contributed by atoms with Crippen LogP contribution in [0.2, 0.25) is 0 Å². The normalized spacial score (nSPS) is 33.6. The first-order chi connectivity index (χ1) is 8.18. The van der Waals surface area contributed by atoms with Gasteiger partial charge < -0.3 is 15.4 Å². The number of hydrogen-bond donors (Lipinski definition) is 1. The van der Waals surface area contributed by atoms with Gasteiger partial charge in [-0.15, -0.1) is 0 Å². The van der Waals surface area contributed by atoms with Crippen molar-refractivity contribution in [3.8, 4) is 0 Å². The van der Waals surface area contributed by atoms with Crippen molar-refractivity contribution in [3.05, 3.63) is 0 Å². The van der Waals surface area contributed by atoms with E-state index in [4.69, 9.17) is 10.5 Å². The van der Waals surface area contributed by atoms with Gasteiger partial charge in [0.2, 0.25) is 5.91 Å². The van der Waals surface area contributed by atoms with Gasteiger partial charge >= 0.3 is 0 Å². The van der Waals surface area contributed by atoms with E-state index in [9.17, 15) is 4.79 Å². The quantitative estimate of drug-likeness (QED) is 0.805. The SMILES string of the molecule is CN(CC1CCCCO1)C(=O)C1CCCC1N. The van der Waals surface area contributed by atoms with E-state index < -0.39 is 0 Å². The van der Waals surface area contributed by atoms with Crippen LogP contribution in [0.25, 0.3) is 0 Å². The van der Waals surface area contributed by atoms with Crippen molar-refractivity contribution in [2.75, 3.05) is 20.2 Å². The monoisotopic (exact) mass is 240 g/mol. The fraction of sp³-hybridized carbons (Fsp3) is 0.923. The number of carbonyl (C=O) groups is 1. The van der Waals surface area contributed by atoms with Crippen LogP contribution in [-0.4, -0.2) is 43.2 Å². The smallest absolute Gasteiger partial charge is 0.227 e. The Morgan fingerprint density at radius 1 is 1.29 bits per heavy atom. The molecule has 4 nitrogen and oxygen atoms in total. The molecule has 2 fully saturated rings. The molecule has 0 aromatic carbocycles. The van der Waals surface area contributed by atoms with Gasteiger partial charge in [0.25, 0.3) is 0 Å². The Labute approximate surface area is 103 Å². The molecule has 2 rings (SSSR count). The maximum atomic E-state index is 12.2. The lowest BCUT2D eigenvalue weighted by Gasteiger charge is -2.29. The summed E-state index contributed by atoms with van der Waals surface area (Å²) >= 11 is 0. The number of ether oxygens (including phenoxy) is 1. The summed E-state index contributed by atoms with van der Waals surface area (Å²) in [6.45, 7) is 1.57. The number of hydrogen-bond acceptors (Lipinski definition) is 3. The number of rotatable bonds is 3. The average Bonchev–Trinajstić information content (AvgIpc) is 2.76. The molecule has 1 saturated heterocycles. The van der Waals surface area contributed by atoms with Crippen LogP contribution < -0.4 is 5.73 Å². The summed E-state index contributed by atoms with van der Waals surface area (Å²) < 4.78 is 5.66. The number of nitrogens with two attached hydrogens (primary N) is 1. The minimum Gasteiger partial charge on any atom is -0.376 e. The van der Waals surface area contributed by atoms with E-state index >= 15 is 0 Å². The number of amides is 1. The largest absolute Gasteiger partial charge is 0.376 e. The average molecular weight is 240 g/mol. The summed E-state index contributed by atoms with van der Waals surface area (Å²) in [6.07, 6.45) is 6.71. The van der Waals surface area contributed by atoms with Gasteiger partial charge in [0, 0.05) is 26.2 Å². The van der Waals surface area contributed by atoms with Crippen molar-refractivity contribution in [1.29, 1.82) is 0 Å². The van der Waals surface area contributed by atoms with Gasteiger partial charge in [-0.1, -0.05) is 6.42 Å². The van der Waals surface area contributed by atoms with E-state index in [0.717, 1.165) is 45.3 Å². The lowest BCUT2D eigenvalue weighted by Crippen LogP contribution is -2.43. The van der Waals surface area contributed by atoms with Crippen LogP contribution in [0.3, 0.4) is 0 Å². The maximum absolute atomic E-state index is 12.2. The molecule has 2 aliphatic rings. The zero-order valence-corrected chi connectivity index (χ0v) is 10.7. The van der Waals surface area contributed by atoms with E-state index in [2.05, 4.69) is 0 Å². The third kappa shape index (κ3) is 3.19. The van der Waals surface area contributed by atoms with Gasteiger partial charge in [-0.2, -0.15) is 0 Å². The Morgan fingerprint density at radius 3 is 2.71 bits per heavy atom. The molecule has 0 bridgehead atoms. The second-order valence-electron chi connectivity index (χ2n) is 5.41. The third-order valence-corrected chi connectivity index (χ3v) is 4.01. The molecule has 1 heterocycles. The fourth-order valence-electron chi connectivity index (χ4n) is 2.93. The van der Waals surface area contributed by atoms with Crippen molar-refractivity contribution in [3.63, 3.8) is 0 Å². The summed E-state index contributed by atoms with van der Waals surface area (Å²) in [5.74, 6) is 0.257. The maximum Gasteiger partial charge on any atom is 0.227 e. The number of likely N-dealkylation sites (N-methyl/N-ethyl adjacent to an activating group) is 1. The molecule has 0 aromatic heterocycles. The molecule has 1 aliphatic carbocycles. The first-order valence-electron chi connectivity index (χ1n) is 6.80. The van der Waals surface area contributed by atoms with Crippen LogP contribution in [0.15, 0.2) is 0 Å². The fourth-order valence-corrected chi connectivity index (χ4v) is 2.93. The van der Waals surface area contributed by atoms with Crippen molar-refractivity contribution in [2.45, 2.75) is 50.7 Å². The lowest BCUT2D eigenvalue weighted by atomic mass is 10.0. The molecule has 17 heavy (non-hydrogen) atoms. The summed E-state index contributed by atoms with van der Waals surface area (Å²) in [5, 5.41) is 0. The van der Waals surface area contributed by atoms with Crippen LogP contribution >= 0.6 is 0 Å². The van der Waals surface area contributed by atoms with Crippen LogP contribution in [0.1, 0.15) is 38.5 Å². The Kier molecular flexibility index (Phi) is 4.40. The zero-order chi connectivity index (χ0) is 12.3.